The first-order chi connectivity index (χ1) is 15.4. The van der Waals surface area contributed by atoms with Gasteiger partial charge in [0.1, 0.15) is 5.75 Å². The molecule has 0 fully saturated rings. The molecule has 0 aliphatic heterocycles. The van der Waals surface area contributed by atoms with Gasteiger partial charge in [0, 0.05) is 25.4 Å². The Bertz CT molecular complexity index is 754. The number of imidazole rings is 1. The van der Waals surface area contributed by atoms with Gasteiger partial charge in [-0.2, -0.15) is 0 Å². The summed E-state index contributed by atoms with van der Waals surface area (Å²) in [5.74, 6) is 0.711. The van der Waals surface area contributed by atoms with Gasteiger partial charge in [-0.05, 0) is 36.0 Å². The van der Waals surface area contributed by atoms with Crippen LogP contribution in [-0.2, 0) is 32.2 Å². The van der Waals surface area contributed by atoms with Gasteiger partial charge in [0.2, 0.25) is 0 Å². The van der Waals surface area contributed by atoms with Crippen LogP contribution in [0.1, 0.15) is 52.0 Å². The summed E-state index contributed by atoms with van der Waals surface area (Å²) in [5.41, 5.74) is 1.09. The lowest BCUT2D eigenvalue weighted by atomic mass is 9.99. The van der Waals surface area contributed by atoms with Crippen LogP contribution in [0.25, 0.3) is 0 Å². The molecule has 0 saturated heterocycles. The Morgan fingerprint density at radius 1 is 1.12 bits per heavy atom. The highest BCUT2D eigenvalue weighted by atomic mass is 16.5. The molecule has 7 nitrogen and oxygen atoms in total. The lowest BCUT2D eigenvalue weighted by molar-refractivity contribution is -0.146. The van der Waals surface area contributed by atoms with Gasteiger partial charge in [-0.3, -0.25) is 4.79 Å². The predicted octanol–water partition coefficient (Wildman–Crippen LogP) is 4.64. The van der Waals surface area contributed by atoms with Gasteiger partial charge in [0.15, 0.2) is 0 Å². The highest BCUT2D eigenvalue weighted by Crippen LogP contribution is 2.14. The SMILES string of the molecule is COc1ccc(COCC(Cn2ccnc2)OCCCCCC(=O)OCC(C)(C)C)cc1. The van der Waals surface area contributed by atoms with Gasteiger partial charge in [-0.1, -0.05) is 39.3 Å². The van der Waals surface area contributed by atoms with Crippen LogP contribution in [0.2, 0.25) is 0 Å². The zero-order valence-corrected chi connectivity index (χ0v) is 19.9. The molecule has 0 aliphatic rings. The normalized spacial score (nSPS) is 12.5. The van der Waals surface area contributed by atoms with E-state index in [1.165, 1.54) is 0 Å². The Labute approximate surface area is 192 Å². The van der Waals surface area contributed by atoms with Crippen molar-refractivity contribution in [3.63, 3.8) is 0 Å². The molecule has 2 aromatic rings. The van der Waals surface area contributed by atoms with Crippen LogP contribution in [0.3, 0.4) is 0 Å². The first kappa shape index (κ1) is 25.9. The molecule has 0 saturated carbocycles. The summed E-state index contributed by atoms with van der Waals surface area (Å²) in [4.78, 5) is 15.9. The minimum absolute atomic E-state index is 0.00317. The highest BCUT2D eigenvalue weighted by molar-refractivity contribution is 5.69. The van der Waals surface area contributed by atoms with Gasteiger partial charge < -0.3 is 23.5 Å². The first-order valence-corrected chi connectivity index (χ1v) is 11.3. The molecule has 7 heteroatoms. The first-order valence-electron chi connectivity index (χ1n) is 11.3. The summed E-state index contributed by atoms with van der Waals surface area (Å²) in [6, 6.07) is 7.85. The number of methoxy groups -OCH3 is 1. The Kier molecular flexibility index (Phi) is 11.2. The Balaban J connectivity index is 1.66. The van der Waals surface area contributed by atoms with Crippen LogP contribution < -0.4 is 4.74 Å². The average Bonchev–Trinajstić information content (AvgIpc) is 3.27. The van der Waals surface area contributed by atoms with Crippen molar-refractivity contribution < 1.29 is 23.7 Å². The van der Waals surface area contributed by atoms with Crippen LogP contribution in [0.15, 0.2) is 43.0 Å². The lowest BCUT2D eigenvalue weighted by Gasteiger charge is -2.19. The number of rotatable bonds is 15. The molecule has 0 amide bonds. The second kappa shape index (κ2) is 13.9. The van der Waals surface area contributed by atoms with E-state index < -0.39 is 0 Å². The van der Waals surface area contributed by atoms with E-state index in [1.54, 1.807) is 19.6 Å². The summed E-state index contributed by atoms with van der Waals surface area (Å²) >= 11 is 0. The van der Waals surface area contributed by atoms with Crippen molar-refractivity contribution in [3.05, 3.63) is 48.5 Å². The third-order valence-electron chi connectivity index (χ3n) is 4.75. The fourth-order valence-corrected chi connectivity index (χ4v) is 2.98. The predicted molar refractivity (Wildman–Crippen MR) is 123 cm³/mol. The number of ether oxygens (including phenoxy) is 4. The molecule has 1 heterocycles. The van der Waals surface area contributed by atoms with Gasteiger partial charge in [-0.25, -0.2) is 4.98 Å². The summed E-state index contributed by atoms with van der Waals surface area (Å²) in [6.07, 6.45) is 8.48. The van der Waals surface area contributed by atoms with Crippen molar-refractivity contribution in [2.45, 2.75) is 65.7 Å². The summed E-state index contributed by atoms with van der Waals surface area (Å²) in [6.45, 7) is 8.94. The van der Waals surface area contributed by atoms with Crippen LogP contribution in [0.5, 0.6) is 5.75 Å². The van der Waals surface area contributed by atoms with E-state index in [4.69, 9.17) is 18.9 Å². The van der Waals surface area contributed by atoms with Crippen molar-refractivity contribution >= 4 is 5.97 Å². The number of esters is 1. The van der Waals surface area contributed by atoms with Crippen LogP contribution in [0.4, 0.5) is 0 Å². The van der Waals surface area contributed by atoms with Gasteiger partial charge in [-0.15, -0.1) is 0 Å². The van der Waals surface area contributed by atoms with Gasteiger partial charge in [0.05, 0.1) is 45.9 Å². The van der Waals surface area contributed by atoms with Crippen LogP contribution in [-0.4, -0.2) is 48.6 Å². The van der Waals surface area contributed by atoms with E-state index in [1.807, 2.05) is 35.0 Å². The Morgan fingerprint density at radius 2 is 1.91 bits per heavy atom. The number of nitrogens with zero attached hydrogens (tertiary/aromatic N) is 2. The number of carbonyl (C=O) groups is 1. The van der Waals surface area contributed by atoms with Crippen molar-refractivity contribution in [2.75, 3.05) is 26.9 Å². The molecule has 1 aromatic heterocycles. The van der Waals surface area contributed by atoms with Crippen molar-refractivity contribution in [3.8, 4) is 5.75 Å². The average molecular weight is 447 g/mol. The summed E-state index contributed by atoms with van der Waals surface area (Å²) < 4.78 is 24.5. The maximum Gasteiger partial charge on any atom is 0.305 e. The number of carbonyl (C=O) groups excluding carboxylic acids is 1. The fraction of sp³-hybridized carbons (Fsp3) is 0.600. The number of hydrogen-bond donors (Lipinski definition) is 0. The van der Waals surface area contributed by atoms with E-state index >= 15 is 0 Å². The molecule has 0 spiro atoms. The maximum absolute atomic E-state index is 11.8. The summed E-state index contributed by atoms with van der Waals surface area (Å²) in [7, 11) is 1.66. The second-order valence-electron chi connectivity index (χ2n) is 9.15. The zero-order chi connectivity index (χ0) is 23.2. The van der Waals surface area contributed by atoms with E-state index in [0.717, 1.165) is 30.6 Å². The molecule has 1 aromatic carbocycles. The quantitative estimate of drug-likeness (QED) is 0.293. The van der Waals surface area contributed by atoms with E-state index in [-0.39, 0.29) is 17.5 Å². The fourth-order valence-electron chi connectivity index (χ4n) is 2.98. The van der Waals surface area contributed by atoms with Crippen molar-refractivity contribution in [2.24, 2.45) is 5.41 Å². The topological polar surface area (TPSA) is 71.8 Å². The molecule has 0 radical (unpaired) electrons. The van der Waals surface area contributed by atoms with Crippen molar-refractivity contribution in [1.82, 2.24) is 9.55 Å². The maximum atomic E-state index is 11.8. The number of unbranched alkanes of at least 4 members (excludes halogenated alkanes) is 2. The molecule has 0 bridgehead atoms. The minimum atomic E-state index is -0.120. The number of benzene rings is 1. The Morgan fingerprint density at radius 3 is 2.56 bits per heavy atom. The van der Waals surface area contributed by atoms with Crippen molar-refractivity contribution in [1.29, 1.82) is 0 Å². The molecule has 0 aliphatic carbocycles. The van der Waals surface area contributed by atoms with Gasteiger partial charge in [0.25, 0.3) is 0 Å². The second-order valence-corrected chi connectivity index (χ2v) is 9.15. The lowest BCUT2D eigenvalue weighted by Crippen LogP contribution is -2.26. The van der Waals surface area contributed by atoms with Crippen LogP contribution >= 0.6 is 0 Å². The smallest absolute Gasteiger partial charge is 0.305 e. The molecule has 32 heavy (non-hydrogen) atoms. The number of aromatic nitrogens is 2. The largest absolute Gasteiger partial charge is 0.497 e. The zero-order valence-electron chi connectivity index (χ0n) is 19.9. The Hall–Kier alpha value is -2.38. The molecule has 1 unspecified atom stereocenters. The van der Waals surface area contributed by atoms with E-state index in [2.05, 4.69) is 25.8 Å². The van der Waals surface area contributed by atoms with E-state index in [9.17, 15) is 4.79 Å². The molecule has 1 atom stereocenters. The van der Waals surface area contributed by atoms with E-state index in [0.29, 0.717) is 39.4 Å². The van der Waals surface area contributed by atoms with Gasteiger partial charge >= 0.3 is 5.97 Å². The standard InChI is InChI=1S/C25H38N2O5/c1-25(2,3)19-32-24(28)8-6-5-7-15-31-23(16-27-14-13-26-20-27)18-30-17-21-9-11-22(29-4)12-10-21/h9-14,20,23H,5-8,15-19H2,1-4H3. The molecule has 0 N–H and O–H groups in total. The summed E-state index contributed by atoms with van der Waals surface area (Å²) in [5, 5.41) is 0. The monoisotopic (exact) mass is 446 g/mol. The number of hydrogen-bond acceptors (Lipinski definition) is 6. The highest BCUT2D eigenvalue weighted by Gasteiger charge is 2.14. The molecule has 178 valence electrons. The molecular formula is C25H38N2O5. The molecule has 2 rings (SSSR count). The molecular weight excluding hydrogens is 408 g/mol. The minimum Gasteiger partial charge on any atom is -0.497 e. The third-order valence-corrected chi connectivity index (χ3v) is 4.75. The third kappa shape index (κ3) is 11.3. The van der Waals surface area contributed by atoms with Crippen LogP contribution in [0, 0.1) is 5.41 Å².